The zero-order valence-corrected chi connectivity index (χ0v) is 18.7. The molecule has 28 heavy (non-hydrogen) atoms. The molecule has 2 aliphatic rings. The van der Waals surface area contributed by atoms with Crippen molar-refractivity contribution in [2.75, 3.05) is 12.4 Å². The largest absolute Gasteiger partial charge is 0.326 e. The lowest BCUT2D eigenvalue weighted by Crippen LogP contribution is -2.39. The van der Waals surface area contributed by atoms with Gasteiger partial charge < -0.3 is 10.6 Å². The number of sulfonamides is 1. The van der Waals surface area contributed by atoms with Crippen LogP contribution in [-0.4, -0.2) is 43.8 Å². The van der Waals surface area contributed by atoms with Gasteiger partial charge in [-0.05, 0) is 70.1 Å². The minimum atomic E-state index is -3.57. The first-order valence-corrected chi connectivity index (χ1v) is 11.3. The average molecular weight is 430 g/mol. The highest BCUT2D eigenvalue weighted by molar-refractivity contribution is 7.89. The lowest BCUT2D eigenvalue weighted by molar-refractivity contribution is -0.117. The van der Waals surface area contributed by atoms with Gasteiger partial charge in [0.1, 0.15) is 0 Å². The Balaban J connectivity index is 0.00000280. The lowest BCUT2D eigenvalue weighted by Gasteiger charge is -2.28. The van der Waals surface area contributed by atoms with Gasteiger partial charge in [-0.3, -0.25) is 4.79 Å². The van der Waals surface area contributed by atoms with Crippen molar-refractivity contribution in [3.8, 4) is 0 Å². The molecule has 0 spiro atoms. The number of carbonyl (C=O) groups excluding carboxylic acids is 1. The minimum absolute atomic E-state index is 0. The molecule has 2 fully saturated rings. The molecule has 2 atom stereocenters. The number of anilines is 1. The van der Waals surface area contributed by atoms with E-state index in [2.05, 4.69) is 10.6 Å². The maximum Gasteiger partial charge on any atom is 0.243 e. The van der Waals surface area contributed by atoms with Crippen LogP contribution in [-0.2, 0) is 14.8 Å². The summed E-state index contributed by atoms with van der Waals surface area (Å²) >= 11 is 0. The third-order valence-corrected chi connectivity index (χ3v) is 7.96. The molecule has 2 aliphatic heterocycles. The number of aryl methyl sites for hydroxylation is 1. The van der Waals surface area contributed by atoms with Crippen LogP contribution in [0.2, 0.25) is 0 Å². The van der Waals surface area contributed by atoms with Gasteiger partial charge in [0.25, 0.3) is 0 Å². The number of hydrogen-bond acceptors (Lipinski definition) is 4. The summed E-state index contributed by atoms with van der Waals surface area (Å²) in [6.45, 7) is 5.55. The van der Waals surface area contributed by atoms with Crippen molar-refractivity contribution in [1.29, 1.82) is 0 Å². The number of nitrogens with one attached hydrogen (secondary N) is 2. The summed E-state index contributed by atoms with van der Waals surface area (Å²) in [6, 6.07) is 5.91. The van der Waals surface area contributed by atoms with E-state index in [1.54, 1.807) is 25.2 Å². The fraction of sp³-hybridized carbons (Fsp3) is 0.650. The third kappa shape index (κ3) is 5.06. The number of amides is 1. The van der Waals surface area contributed by atoms with E-state index in [0.29, 0.717) is 30.1 Å². The molecule has 2 bridgehead atoms. The molecule has 0 aromatic heterocycles. The van der Waals surface area contributed by atoms with Gasteiger partial charge in [-0.1, -0.05) is 6.07 Å². The van der Waals surface area contributed by atoms with Gasteiger partial charge in [0.05, 0.1) is 4.90 Å². The first kappa shape index (κ1) is 23.1. The first-order valence-electron chi connectivity index (χ1n) is 9.81. The molecule has 2 saturated heterocycles. The van der Waals surface area contributed by atoms with E-state index in [-0.39, 0.29) is 29.3 Å². The van der Waals surface area contributed by atoms with Crippen molar-refractivity contribution in [1.82, 2.24) is 9.62 Å². The predicted octanol–water partition coefficient (Wildman–Crippen LogP) is 3.30. The highest BCUT2D eigenvalue weighted by atomic mass is 35.5. The van der Waals surface area contributed by atoms with Gasteiger partial charge in [-0.2, -0.15) is 4.31 Å². The minimum Gasteiger partial charge on any atom is -0.326 e. The van der Waals surface area contributed by atoms with Crippen LogP contribution in [0.25, 0.3) is 0 Å². The van der Waals surface area contributed by atoms with Crippen LogP contribution in [0, 0.1) is 12.8 Å². The van der Waals surface area contributed by atoms with E-state index in [1.165, 1.54) is 17.1 Å². The Hall–Kier alpha value is -1.15. The number of rotatable bonds is 6. The SMILES string of the molecule is Cc1ccc(S(=O)(=O)N(C)C(C)C)cc1NC(=O)CC1CC2CCC(C1)N2.Cl. The Kier molecular flexibility index (Phi) is 7.53. The second-order valence-corrected chi connectivity index (χ2v) is 10.3. The van der Waals surface area contributed by atoms with Crippen LogP contribution < -0.4 is 10.6 Å². The van der Waals surface area contributed by atoms with Crippen LogP contribution in [0.4, 0.5) is 5.69 Å². The summed E-state index contributed by atoms with van der Waals surface area (Å²) in [5.41, 5.74) is 1.44. The Labute approximate surface area is 174 Å². The molecule has 2 heterocycles. The summed E-state index contributed by atoms with van der Waals surface area (Å²) in [5, 5.41) is 6.54. The molecule has 2 N–H and O–H groups in total. The van der Waals surface area contributed by atoms with Crippen LogP contribution in [0.1, 0.15) is 51.5 Å². The third-order valence-electron chi connectivity index (χ3n) is 5.93. The molecule has 3 rings (SSSR count). The van der Waals surface area contributed by atoms with Crippen molar-refractivity contribution in [2.45, 2.75) is 75.9 Å². The molecular formula is C20H32ClN3O3S. The van der Waals surface area contributed by atoms with E-state index in [9.17, 15) is 13.2 Å². The summed E-state index contributed by atoms with van der Waals surface area (Å²) in [6.07, 6.45) is 5.03. The zero-order valence-electron chi connectivity index (χ0n) is 17.1. The van der Waals surface area contributed by atoms with E-state index in [1.807, 2.05) is 20.8 Å². The predicted molar refractivity (Wildman–Crippen MR) is 114 cm³/mol. The average Bonchev–Trinajstić information content (AvgIpc) is 2.94. The molecule has 6 nitrogen and oxygen atoms in total. The van der Waals surface area contributed by atoms with Gasteiger partial charge in [-0.25, -0.2) is 8.42 Å². The molecule has 158 valence electrons. The fourth-order valence-electron chi connectivity index (χ4n) is 4.15. The number of hydrogen-bond donors (Lipinski definition) is 2. The summed E-state index contributed by atoms with van der Waals surface area (Å²) in [7, 11) is -2.00. The second-order valence-electron chi connectivity index (χ2n) is 8.32. The Morgan fingerprint density at radius 3 is 2.43 bits per heavy atom. The molecule has 0 aliphatic carbocycles. The molecule has 1 amide bonds. The molecule has 0 saturated carbocycles. The highest BCUT2D eigenvalue weighted by Crippen LogP contribution is 2.33. The van der Waals surface area contributed by atoms with Crippen LogP contribution in [0.5, 0.6) is 0 Å². The number of piperidine rings is 1. The Morgan fingerprint density at radius 1 is 1.25 bits per heavy atom. The van der Waals surface area contributed by atoms with E-state index >= 15 is 0 Å². The lowest BCUT2D eigenvalue weighted by atomic mass is 9.89. The van der Waals surface area contributed by atoms with Gasteiger partial charge in [-0.15, -0.1) is 12.4 Å². The quantitative estimate of drug-likeness (QED) is 0.727. The number of halogens is 1. The first-order chi connectivity index (χ1) is 12.7. The van der Waals surface area contributed by atoms with Crippen LogP contribution in [0.3, 0.4) is 0 Å². The summed E-state index contributed by atoms with van der Waals surface area (Å²) in [5.74, 6) is 0.374. The fourth-order valence-corrected chi connectivity index (χ4v) is 5.54. The number of nitrogens with zero attached hydrogens (tertiary/aromatic N) is 1. The van der Waals surface area contributed by atoms with Crippen molar-refractivity contribution in [2.24, 2.45) is 5.92 Å². The van der Waals surface area contributed by atoms with Gasteiger partial charge >= 0.3 is 0 Å². The maximum absolute atomic E-state index is 12.7. The maximum atomic E-state index is 12.7. The summed E-state index contributed by atoms with van der Waals surface area (Å²) < 4.78 is 26.8. The van der Waals surface area contributed by atoms with Gasteiger partial charge in [0.15, 0.2) is 0 Å². The highest BCUT2D eigenvalue weighted by Gasteiger charge is 2.34. The second kappa shape index (κ2) is 9.11. The standard InChI is InChI=1S/C20H31N3O3S.ClH/c1-13(2)23(4)27(25,26)18-8-5-14(3)19(12-18)22-20(24)11-15-9-16-6-7-17(10-15)21-16;/h5,8,12-13,15-17,21H,6-7,9-11H2,1-4H3,(H,22,24);1H. The molecule has 8 heteroatoms. The number of carbonyl (C=O) groups is 1. The zero-order chi connectivity index (χ0) is 19.8. The molecule has 0 radical (unpaired) electrons. The number of fused-ring (bicyclic) bond motifs is 2. The molecule has 2 unspecified atom stereocenters. The molecular weight excluding hydrogens is 398 g/mol. The normalized spacial score (nSPS) is 24.3. The smallest absolute Gasteiger partial charge is 0.243 e. The van der Waals surface area contributed by atoms with Gasteiger partial charge in [0.2, 0.25) is 15.9 Å². The monoisotopic (exact) mass is 429 g/mol. The molecule has 1 aromatic carbocycles. The van der Waals surface area contributed by atoms with E-state index in [0.717, 1.165) is 18.4 Å². The topological polar surface area (TPSA) is 78.5 Å². The van der Waals surface area contributed by atoms with E-state index < -0.39 is 10.0 Å². The van der Waals surface area contributed by atoms with Crippen LogP contribution >= 0.6 is 12.4 Å². The van der Waals surface area contributed by atoms with Crippen molar-refractivity contribution in [3.63, 3.8) is 0 Å². The van der Waals surface area contributed by atoms with Crippen molar-refractivity contribution >= 4 is 34.0 Å². The van der Waals surface area contributed by atoms with Crippen molar-refractivity contribution in [3.05, 3.63) is 23.8 Å². The van der Waals surface area contributed by atoms with Crippen molar-refractivity contribution < 1.29 is 13.2 Å². The van der Waals surface area contributed by atoms with E-state index in [4.69, 9.17) is 0 Å². The van der Waals surface area contributed by atoms with Gasteiger partial charge in [0, 0.05) is 37.3 Å². The Morgan fingerprint density at radius 2 is 1.86 bits per heavy atom. The number of benzene rings is 1. The van der Waals surface area contributed by atoms with Crippen LogP contribution in [0.15, 0.2) is 23.1 Å². The molecule has 1 aromatic rings. The Bertz CT molecular complexity index is 801. The summed E-state index contributed by atoms with van der Waals surface area (Å²) in [4.78, 5) is 12.8.